The fourth-order valence-corrected chi connectivity index (χ4v) is 2.23. The molecule has 0 fully saturated rings. The number of rotatable bonds is 6. The molecular weight excluding hydrogens is 250 g/mol. The van der Waals surface area contributed by atoms with Crippen LogP contribution in [0.25, 0.3) is 11.4 Å². The van der Waals surface area contributed by atoms with Crippen LogP contribution in [0.3, 0.4) is 0 Å². The summed E-state index contributed by atoms with van der Waals surface area (Å²) < 4.78 is 5.38. The fourth-order valence-electron chi connectivity index (χ4n) is 2.23. The van der Waals surface area contributed by atoms with Crippen molar-refractivity contribution in [1.29, 1.82) is 0 Å². The Morgan fingerprint density at radius 3 is 2.75 bits per heavy atom. The quantitative estimate of drug-likeness (QED) is 0.878. The topological polar surface area (TPSA) is 51.0 Å². The van der Waals surface area contributed by atoms with Crippen LogP contribution >= 0.6 is 0 Å². The highest BCUT2D eigenvalue weighted by molar-refractivity contribution is 5.55. The molecule has 0 amide bonds. The van der Waals surface area contributed by atoms with Gasteiger partial charge in [0.15, 0.2) is 0 Å². The Morgan fingerprint density at radius 2 is 2.10 bits per heavy atom. The molecule has 0 aliphatic rings. The normalized spacial score (nSPS) is 12.8. The highest BCUT2D eigenvalue weighted by Gasteiger charge is 2.17. The van der Waals surface area contributed by atoms with Crippen LogP contribution in [0.4, 0.5) is 0 Å². The van der Waals surface area contributed by atoms with Gasteiger partial charge in [-0.2, -0.15) is 4.98 Å². The van der Waals surface area contributed by atoms with Crippen molar-refractivity contribution >= 4 is 0 Å². The Labute approximate surface area is 120 Å². The van der Waals surface area contributed by atoms with Crippen LogP contribution < -0.4 is 5.32 Å². The maximum absolute atomic E-state index is 5.38. The highest BCUT2D eigenvalue weighted by atomic mass is 16.5. The maximum Gasteiger partial charge on any atom is 0.228 e. The van der Waals surface area contributed by atoms with Crippen LogP contribution in [0.5, 0.6) is 0 Å². The van der Waals surface area contributed by atoms with Crippen LogP contribution in [0.15, 0.2) is 28.8 Å². The van der Waals surface area contributed by atoms with Gasteiger partial charge in [0.2, 0.25) is 11.7 Å². The molecule has 1 aromatic heterocycles. The predicted molar refractivity (Wildman–Crippen MR) is 80.5 cm³/mol. The van der Waals surface area contributed by atoms with Gasteiger partial charge >= 0.3 is 0 Å². The summed E-state index contributed by atoms with van der Waals surface area (Å²) >= 11 is 0. The van der Waals surface area contributed by atoms with Crippen molar-refractivity contribution < 1.29 is 4.52 Å². The summed E-state index contributed by atoms with van der Waals surface area (Å²) in [5.74, 6) is 1.90. The number of aryl methyl sites for hydroxylation is 1. The van der Waals surface area contributed by atoms with E-state index < -0.39 is 0 Å². The van der Waals surface area contributed by atoms with Gasteiger partial charge in [0, 0.05) is 18.0 Å². The van der Waals surface area contributed by atoms with Gasteiger partial charge in [-0.25, -0.2) is 0 Å². The molecular formula is C16H23N3O. The lowest BCUT2D eigenvalue weighted by Gasteiger charge is -2.19. The second-order valence-corrected chi connectivity index (χ2v) is 5.49. The van der Waals surface area contributed by atoms with E-state index in [0.717, 1.165) is 18.5 Å². The molecule has 1 heterocycles. The molecule has 2 rings (SSSR count). The molecule has 4 nitrogen and oxygen atoms in total. The molecule has 2 aromatic rings. The van der Waals surface area contributed by atoms with Crippen molar-refractivity contribution in [1.82, 2.24) is 15.5 Å². The first-order chi connectivity index (χ1) is 9.60. The molecule has 1 N–H and O–H groups in total. The molecule has 1 atom stereocenters. The van der Waals surface area contributed by atoms with E-state index in [1.54, 1.807) is 0 Å². The number of nitrogens with zero attached hydrogens (tertiary/aromatic N) is 2. The minimum absolute atomic E-state index is 0.366. The van der Waals surface area contributed by atoms with E-state index in [2.05, 4.69) is 55.3 Å². The van der Waals surface area contributed by atoms with Crippen LogP contribution in [0.1, 0.15) is 32.2 Å². The Balaban J connectivity index is 2.12. The van der Waals surface area contributed by atoms with Crippen molar-refractivity contribution in [3.63, 3.8) is 0 Å². The number of likely N-dealkylation sites (N-methyl/N-ethyl adjacent to an activating group) is 1. The van der Waals surface area contributed by atoms with Gasteiger partial charge in [0.05, 0.1) is 0 Å². The number of benzene rings is 1. The van der Waals surface area contributed by atoms with Crippen molar-refractivity contribution in [2.75, 3.05) is 6.54 Å². The number of hydrogen-bond donors (Lipinski definition) is 1. The largest absolute Gasteiger partial charge is 0.339 e. The van der Waals surface area contributed by atoms with Gasteiger partial charge < -0.3 is 9.84 Å². The zero-order valence-corrected chi connectivity index (χ0v) is 12.7. The summed E-state index contributed by atoms with van der Waals surface area (Å²) in [6.07, 6.45) is 0.768. The first kappa shape index (κ1) is 14.7. The minimum atomic E-state index is 0.366. The van der Waals surface area contributed by atoms with Gasteiger partial charge in [-0.05, 0) is 25.5 Å². The van der Waals surface area contributed by atoms with E-state index in [4.69, 9.17) is 4.52 Å². The standard InChI is InChI=1S/C16H23N3O/c1-5-17-14(11(2)3)10-15-18-16(19-20-15)13-8-6-7-12(4)9-13/h6-9,11,14,17H,5,10H2,1-4H3. The number of hydrogen-bond acceptors (Lipinski definition) is 4. The van der Waals surface area contributed by atoms with Crippen LogP contribution in [0, 0.1) is 12.8 Å². The molecule has 0 aliphatic carbocycles. The third kappa shape index (κ3) is 3.67. The highest BCUT2D eigenvalue weighted by Crippen LogP contribution is 2.18. The lowest BCUT2D eigenvalue weighted by Crippen LogP contribution is -2.35. The summed E-state index contributed by atoms with van der Waals surface area (Å²) in [5.41, 5.74) is 2.20. The Bertz CT molecular complexity index is 548. The molecule has 4 heteroatoms. The lowest BCUT2D eigenvalue weighted by atomic mass is 10.0. The van der Waals surface area contributed by atoms with Gasteiger partial charge in [0.1, 0.15) is 0 Å². The third-order valence-electron chi connectivity index (χ3n) is 3.41. The molecule has 1 aromatic carbocycles. The molecule has 0 spiro atoms. The summed E-state index contributed by atoms with van der Waals surface area (Å²) in [5, 5.41) is 7.55. The van der Waals surface area contributed by atoms with Crippen LogP contribution in [-0.2, 0) is 6.42 Å². The van der Waals surface area contributed by atoms with E-state index >= 15 is 0 Å². The Hall–Kier alpha value is -1.68. The molecule has 108 valence electrons. The van der Waals surface area contributed by atoms with Gasteiger partial charge in [-0.15, -0.1) is 0 Å². The third-order valence-corrected chi connectivity index (χ3v) is 3.41. The molecule has 0 radical (unpaired) electrons. The summed E-state index contributed by atoms with van der Waals surface area (Å²) in [4.78, 5) is 4.51. The first-order valence-corrected chi connectivity index (χ1v) is 7.23. The van der Waals surface area contributed by atoms with Gasteiger partial charge in [-0.3, -0.25) is 0 Å². The summed E-state index contributed by atoms with van der Waals surface area (Å²) in [6, 6.07) is 8.51. The average Bonchev–Trinajstić information content (AvgIpc) is 2.87. The van der Waals surface area contributed by atoms with Crippen molar-refractivity contribution in [2.45, 2.75) is 40.2 Å². The zero-order valence-electron chi connectivity index (χ0n) is 12.7. The molecule has 0 saturated heterocycles. The first-order valence-electron chi connectivity index (χ1n) is 7.23. The van der Waals surface area contributed by atoms with Gasteiger partial charge in [-0.1, -0.05) is 49.7 Å². The second kappa shape index (κ2) is 6.66. The maximum atomic E-state index is 5.38. The Kier molecular flexibility index (Phi) is 4.90. The van der Waals surface area contributed by atoms with E-state index in [9.17, 15) is 0 Å². The zero-order chi connectivity index (χ0) is 14.5. The second-order valence-electron chi connectivity index (χ2n) is 5.49. The van der Waals surface area contributed by atoms with E-state index in [1.165, 1.54) is 5.56 Å². The summed E-state index contributed by atoms with van der Waals surface area (Å²) in [7, 11) is 0. The molecule has 1 unspecified atom stereocenters. The van der Waals surface area contributed by atoms with E-state index in [-0.39, 0.29) is 0 Å². The predicted octanol–water partition coefficient (Wildman–Crippen LogP) is 3.22. The average molecular weight is 273 g/mol. The molecule has 0 aliphatic heterocycles. The number of aromatic nitrogens is 2. The van der Waals surface area contributed by atoms with Crippen molar-refractivity contribution in [3.8, 4) is 11.4 Å². The molecule has 0 saturated carbocycles. The number of nitrogens with one attached hydrogen (secondary N) is 1. The monoisotopic (exact) mass is 273 g/mol. The molecule has 20 heavy (non-hydrogen) atoms. The Morgan fingerprint density at radius 1 is 1.30 bits per heavy atom. The van der Waals surface area contributed by atoms with Gasteiger partial charge in [0.25, 0.3) is 0 Å². The van der Waals surface area contributed by atoms with E-state index in [1.807, 2.05) is 12.1 Å². The van der Waals surface area contributed by atoms with Crippen LogP contribution in [0.2, 0.25) is 0 Å². The molecule has 0 bridgehead atoms. The summed E-state index contributed by atoms with van der Waals surface area (Å²) in [6.45, 7) is 9.52. The SMILES string of the molecule is CCNC(Cc1nc(-c2cccc(C)c2)no1)C(C)C. The minimum Gasteiger partial charge on any atom is -0.339 e. The van der Waals surface area contributed by atoms with Crippen molar-refractivity contribution in [2.24, 2.45) is 5.92 Å². The fraction of sp³-hybridized carbons (Fsp3) is 0.500. The smallest absolute Gasteiger partial charge is 0.228 e. The van der Waals surface area contributed by atoms with Crippen molar-refractivity contribution in [3.05, 3.63) is 35.7 Å². The lowest BCUT2D eigenvalue weighted by molar-refractivity contribution is 0.329. The van der Waals surface area contributed by atoms with E-state index in [0.29, 0.717) is 23.7 Å². The van der Waals surface area contributed by atoms with Crippen LogP contribution in [-0.4, -0.2) is 22.7 Å².